The largest absolute Gasteiger partial charge is 0.143 e. The van der Waals surface area contributed by atoms with Gasteiger partial charge in [0.2, 0.25) is 0 Å². The zero-order valence-corrected chi connectivity index (χ0v) is 8.61. The molecule has 64 valence electrons. The fraction of sp³-hybridized carbons (Fsp3) is 1.00. The molecule has 2 aliphatic rings. The third-order valence-electron chi connectivity index (χ3n) is 2.68. The van der Waals surface area contributed by atoms with Crippen LogP contribution in [-0.4, -0.2) is 15.6 Å². The van der Waals surface area contributed by atoms with Gasteiger partial charge in [0.15, 0.2) is 0 Å². The van der Waals surface area contributed by atoms with E-state index in [4.69, 9.17) is 0 Å². The van der Waals surface area contributed by atoms with Crippen molar-refractivity contribution in [3.8, 4) is 0 Å². The first kappa shape index (κ1) is 8.31. The summed E-state index contributed by atoms with van der Waals surface area (Å²) in [6.07, 6.45) is 8.93. The standard InChI is InChI=1S/C9H16S2/c1-2-4-6-9(5-3-1)10-7-8-11-9/h1-8H2. The fourth-order valence-electron chi connectivity index (χ4n) is 2.05. The summed E-state index contributed by atoms with van der Waals surface area (Å²) in [5.74, 6) is 2.81. The van der Waals surface area contributed by atoms with Gasteiger partial charge in [-0.15, -0.1) is 23.5 Å². The zero-order valence-electron chi connectivity index (χ0n) is 6.97. The lowest BCUT2D eigenvalue weighted by Crippen LogP contribution is -2.14. The van der Waals surface area contributed by atoms with Crippen molar-refractivity contribution in [3.05, 3.63) is 0 Å². The first-order chi connectivity index (χ1) is 5.41. The highest BCUT2D eigenvalue weighted by Gasteiger charge is 2.35. The minimum atomic E-state index is 0.691. The molecule has 2 heteroatoms. The first-order valence-electron chi connectivity index (χ1n) is 4.69. The van der Waals surface area contributed by atoms with Crippen LogP contribution >= 0.6 is 23.5 Å². The Balaban J connectivity index is 1.97. The van der Waals surface area contributed by atoms with E-state index in [0.29, 0.717) is 4.08 Å². The molecule has 1 aliphatic heterocycles. The quantitative estimate of drug-likeness (QED) is 0.570. The Hall–Kier alpha value is 0.700. The third-order valence-corrected chi connectivity index (χ3v) is 6.33. The predicted octanol–water partition coefficient (Wildman–Crippen LogP) is 3.52. The van der Waals surface area contributed by atoms with Crippen LogP contribution in [0.25, 0.3) is 0 Å². The predicted molar refractivity (Wildman–Crippen MR) is 55.3 cm³/mol. The van der Waals surface area contributed by atoms with Gasteiger partial charge in [0.25, 0.3) is 0 Å². The average Bonchev–Trinajstić information content (AvgIpc) is 2.32. The first-order valence-corrected chi connectivity index (χ1v) is 6.66. The lowest BCUT2D eigenvalue weighted by molar-refractivity contribution is 0.680. The lowest BCUT2D eigenvalue weighted by atomic mass is 10.2. The van der Waals surface area contributed by atoms with E-state index in [1.807, 2.05) is 0 Å². The van der Waals surface area contributed by atoms with E-state index < -0.39 is 0 Å². The Bertz CT molecular complexity index is 118. The molecule has 1 spiro atoms. The molecule has 1 aliphatic carbocycles. The van der Waals surface area contributed by atoms with Crippen molar-refractivity contribution < 1.29 is 0 Å². The van der Waals surface area contributed by atoms with Crippen LogP contribution in [0, 0.1) is 0 Å². The van der Waals surface area contributed by atoms with Gasteiger partial charge in [-0.2, -0.15) is 0 Å². The van der Waals surface area contributed by atoms with Gasteiger partial charge in [-0.25, -0.2) is 0 Å². The molecular weight excluding hydrogens is 172 g/mol. The van der Waals surface area contributed by atoms with Crippen LogP contribution in [0.4, 0.5) is 0 Å². The lowest BCUT2D eigenvalue weighted by Gasteiger charge is -2.24. The SMILES string of the molecule is C1CCCC2(CC1)SCCS2. The van der Waals surface area contributed by atoms with E-state index >= 15 is 0 Å². The molecule has 2 rings (SSSR count). The molecule has 0 bridgehead atoms. The van der Waals surface area contributed by atoms with Crippen molar-refractivity contribution in [3.63, 3.8) is 0 Å². The smallest absolute Gasteiger partial charge is 0.0611 e. The summed E-state index contributed by atoms with van der Waals surface area (Å²) in [7, 11) is 0. The fourth-order valence-corrected chi connectivity index (χ4v) is 5.45. The van der Waals surface area contributed by atoms with Gasteiger partial charge in [-0.05, 0) is 12.8 Å². The van der Waals surface area contributed by atoms with Crippen LogP contribution in [0.5, 0.6) is 0 Å². The van der Waals surface area contributed by atoms with E-state index in [9.17, 15) is 0 Å². The highest BCUT2D eigenvalue weighted by molar-refractivity contribution is 8.21. The molecule has 0 N–H and O–H groups in total. The summed E-state index contributed by atoms with van der Waals surface area (Å²) >= 11 is 4.48. The number of hydrogen-bond acceptors (Lipinski definition) is 2. The van der Waals surface area contributed by atoms with E-state index in [2.05, 4.69) is 23.5 Å². The van der Waals surface area contributed by atoms with Crippen molar-refractivity contribution in [1.29, 1.82) is 0 Å². The molecule has 2 fully saturated rings. The van der Waals surface area contributed by atoms with Gasteiger partial charge >= 0.3 is 0 Å². The second kappa shape index (κ2) is 3.61. The van der Waals surface area contributed by atoms with Crippen molar-refractivity contribution >= 4 is 23.5 Å². The van der Waals surface area contributed by atoms with Crippen LogP contribution in [0.3, 0.4) is 0 Å². The van der Waals surface area contributed by atoms with Crippen LogP contribution < -0.4 is 0 Å². The minimum Gasteiger partial charge on any atom is -0.143 e. The molecule has 0 radical (unpaired) electrons. The van der Waals surface area contributed by atoms with Gasteiger partial charge in [0.1, 0.15) is 0 Å². The minimum absolute atomic E-state index is 0.691. The molecule has 1 heterocycles. The highest BCUT2D eigenvalue weighted by Crippen LogP contribution is 2.51. The molecule has 0 aromatic carbocycles. The average molecular weight is 188 g/mol. The van der Waals surface area contributed by atoms with E-state index in [1.54, 1.807) is 0 Å². The molecule has 0 nitrogen and oxygen atoms in total. The number of rotatable bonds is 0. The normalized spacial score (nSPS) is 30.5. The van der Waals surface area contributed by atoms with Crippen LogP contribution in [0.15, 0.2) is 0 Å². The van der Waals surface area contributed by atoms with Gasteiger partial charge in [0, 0.05) is 11.5 Å². The van der Waals surface area contributed by atoms with Crippen molar-refractivity contribution in [1.82, 2.24) is 0 Å². The molecule has 1 saturated heterocycles. The van der Waals surface area contributed by atoms with Crippen LogP contribution in [-0.2, 0) is 0 Å². The van der Waals surface area contributed by atoms with Gasteiger partial charge in [-0.1, -0.05) is 25.7 Å². The summed E-state index contributed by atoms with van der Waals surface area (Å²) in [5.41, 5.74) is 0. The van der Waals surface area contributed by atoms with Gasteiger partial charge in [0.05, 0.1) is 4.08 Å². The third kappa shape index (κ3) is 1.89. The second-order valence-corrected chi connectivity index (χ2v) is 6.74. The molecule has 0 aromatic heterocycles. The summed E-state index contributed by atoms with van der Waals surface area (Å²) in [5, 5.41) is 0. The maximum Gasteiger partial charge on any atom is 0.0611 e. The summed E-state index contributed by atoms with van der Waals surface area (Å²) in [6, 6.07) is 0. The van der Waals surface area contributed by atoms with Crippen molar-refractivity contribution in [2.45, 2.75) is 42.6 Å². The molecular formula is C9H16S2. The summed E-state index contributed by atoms with van der Waals surface area (Å²) < 4.78 is 0.691. The van der Waals surface area contributed by atoms with E-state index in [-0.39, 0.29) is 0 Å². The van der Waals surface area contributed by atoms with E-state index in [1.165, 1.54) is 50.0 Å². The van der Waals surface area contributed by atoms with Crippen LogP contribution in [0.1, 0.15) is 38.5 Å². The van der Waals surface area contributed by atoms with Crippen LogP contribution in [0.2, 0.25) is 0 Å². The second-order valence-electron chi connectivity index (χ2n) is 3.52. The topological polar surface area (TPSA) is 0 Å². The Labute approximate surface area is 77.9 Å². The monoisotopic (exact) mass is 188 g/mol. The molecule has 0 unspecified atom stereocenters. The molecule has 11 heavy (non-hydrogen) atoms. The molecule has 0 atom stereocenters. The van der Waals surface area contributed by atoms with E-state index in [0.717, 1.165) is 0 Å². The Morgan fingerprint density at radius 2 is 1.27 bits per heavy atom. The summed E-state index contributed by atoms with van der Waals surface area (Å²) in [6.45, 7) is 0. The maximum atomic E-state index is 2.24. The zero-order chi connectivity index (χ0) is 7.57. The molecule has 0 amide bonds. The van der Waals surface area contributed by atoms with Crippen molar-refractivity contribution in [2.24, 2.45) is 0 Å². The van der Waals surface area contributed by atoms with Gasteiger partial charge in [-0.3, -0.25) is 0 Å². The molecule has 0 aromatic rings. The summed E-state index contributed by atoms with van der Waals surface area (Å²) in [4.78, 5) is 0. The molecule has 1 saturated carbocycles. The Morgan fingerprint density at radius 1 is 0.727 bits per heavy atom. The maximum absolute atomic E-state index is 2.24. The Kier molecular flexibility index (Phi) is 2.73. The number of thioether (sulfide) groups is 2. The van der Waals surface area contributed by atoms with Gasteiger partial charge < -0.3 is 0 Å². The highest BCUT2D eigenvalue weighted by atomic mass is 32.2. The Morgan fingerprint density at radius 3 is 1.82 bits per heavy atom. The van der Waals surface area contributed by atoms with Crippen molar-refractivity contribution in [2.75, 3.05) is 11.5 Å². The number of hydrogen-bond donors (Lipinski definition) is 0.